The second-order valence-electron chi connectivity index (χ2n) is 0.745. The van der Waals surface area contributed by atoms with Gasteiger partial charge in [0.2, 0.25) is 0 Å². The van der Waals surface area contributed by atoms with E-state index >= 15 is 0 Å². The van der Waals surface area contributed by atoms with E-state index in [0.717, 1.165) is 0 Å². The van der Waals surface area contributed by atoms with E-state index < -0.39 is 15.7 Å². The maximum atomic E-state index is 8.67. The summed E-state index contributed by atoms with van der Waals surface area (Å²) in [5.41, 5.74) is 0. The van der Waals surface area contributed by atoms with E-state index in [2.05, 4.69) is 0 Å². The fourth-order valence-corrected chi connectivity index (χ4v) is 0. The molecular weight excluding hydrogens is 268 g/mol. The normalized spacial score (nSPS) is 8.57. The van der Waals surface area contributed by atoms with Crippen LogP contribution in [0.15, 0.2) is 0 Å². The zero-order chi connectivity index (χ0) is 5.45. The van der Waals surface area contributed by atoms with Gasteiger partial charge in [-0.3, -0.25) is 0 Å². The topological polar surface area (TPSA) is 85.3 Å². The van der Waals surface area contributed by atoms with Crippen LogP contribution < -0.4 is 0 Å². The standard InChI is InChI=1S/Li.5O.Ta.H. The maximum absolute atomic E-state index is 8.67. The molecule has 37 valence electrons. The number of rotatable bonds is 0. The van der Waals surface area contributed by atoms with Crippen LogP contribution in [0.25, 0.3) is 0 Å². The second kappa shape index (κ2) is 1.69. The molecule has 0 amide bonds. The molecule has 0 spiro atoms. The summed E-state index contributed by atoms with van der Waals surface area (Å²) in [6.07, 6.45) is 0. The Hall–Kier alpha value is 0.338. The van der Waals surface area contributed by atoms with E-state index in [-0.39, 0.29) is 18.9 Å². The molecule has 0 aliphatic heterocycles. The average molecular weight is 269 g/mol. The van der Waals surface area contributed by atoms with Gasteiger partial charge in [-0.2, -0.15) is 0 Å². The molecule has 0 bridgehead atoms. The van der Waals surface area contributed by atoms with E-state index in [4.69, 9.17) is 16.3 Å². The summed E-state index contributed by atoms with van der Waals surface area (Å²) in [5.74, 6) is 0. The predicted molar refractivity (Wildman–Crippen MR) is 10.6 cm³/mol. The molecule has 5 nitrogen and oxygen atoms in total. The molecule has 7 heavy (non-hydrogen) atoms. The molecule has 0 atom stereocenters. The Kier molecular flexibility index (Phi) is 2.50. The Morgan fingerprint density at radius 2 is 0.714 bits per heavy atom. The van der Waals surface area contributed by atoms with Crippen LogP contribution in [0.4, 0.5) is 0 Å². The molecule has 0 heterocycles. The van der Waals surface area contributed by atoms with E-state index in [1.807, 2.05) is 0 Å². The molecule has 0 aliphatic rings. The van der Waals surface area contributed by atoms with E-state index in [9.17, 15) is 0 Å². The van der Waals surface area contributed by atoms with Crippen molar-refractivity contribution in [2.75, 3.05) is 0 Å². The number of hydrogen-bond acceptors (Lipinski definition) is 5. The van der Waals surface area contributed by atoms with Crippen molar-refractivity contribution < 1.29 is 31.9 Å². The molecule has 0 aromatic heterocycles. The van der Waals surface area contributed by atoms with Crippen molar-refractivity contribution >= 4 is 18.9 Å². The van der Waals surface area contributed by atoms with Gasteiger partial charge in [-0.25, -0.2) is 0 Å². The Balaban J connectivity index is 0. The quantitative estimate of drug-likeness (QED) is 0.513. The van der Waals surface area contributed by atoms with E-state index in [0.29, 0.717) is 0 Å². The fourth-order valence-electron chi connectivity index (χ4n) is 0. The van der Waals surface area contributed by atoms with Gasteiger partial charge < -0.3 is 0 Å². The van der Waals surface area contributed by atoms with Gasteiger partial charge >= 0.3 is 50.8 Å². The average Bonchev–Trinajstić information content (AvgIpc) is 0.650. The summed E-state index contributed by atoms with van der Waals surface area (Å²) < 4.78 is 43.4. The SMILES string of the molecule is [LiH].[O]=[Ta](=[O])(=[O])(=[O])=[O]. The van der Waals surface area contributed by atoms with Crippen LogP contribution in [0, 0.1) is 0 Å². The predicted octanol–water partition coefficient (Wildman–Crippen LogP) is -1.25. The van der Waals surface area contributed by atoms with Crippen molar-refractivity contribution in [3.05, 3.63) is 0 Å². The van der Waals surface area contributed by atoms with Crippen molar-refractivity contribution in [2.24, 2.45) is 0 Å². The van der Waals surface area contributed by atoms with Gasteiger partial charge in [0.05, 0.1) is 0 Å². The fraction of sp³-hybridized carbons (Fsp3) is 0. The zero-order valence-corrected chi connectivity index (χ0v) is 5.70. The van der Waals surface area contributed by atoms with Crippen LogP contribution in [0.5, 0.6) is 0 Å². The third-order valence-corrected chi connectivity index (χ3v) is 0. The van der Waals surface area contributed by atoms with Crippen molar-refractivity contribution in [3.63, 3.8) is 0 Å². The van der Waals surface area contributed by atoms with Gasteiger partial charge in [0.1, 0.15) is 0 Å². The summed E-state index contributed by atoms with van der Waals surface area (Å²) in [7, 11) is 0. The van der Waals surface area contributed by atoms with Gasteiger partial charge in [-0.15, -0.1) is 0 Å². The van der Waals surface area contributed by atoms with E-state index in [1.54, 1.807) is 0 Å². The molecule has 0 N–H and O–H groups in total. The van der Waals surface area contributed by atoms with Crippen molar-refractivity contribution in [1.82, 2.24) is 0 Å². The van der Waals surface area contributed by atoms with Crippen LogP contribution in [0.2, 0.25) is 0 Å². The van der Waals surface area contributed by atoms with Crippen LogP contribution in [-0.2, 0) is 31.9 Å². The van der Waals surface area contributed by atoms with E-state index in [1.165, 1.54) is 0 Å². The third kappa shape index (κ3) is 1050. The molecule has 0 aromatic carbocycles. The summed E-state index contributed by atoms with van der Waals surface area (Å²) in [4.78, 5) is 0. The Morgan fingerprint density at radius 1 is 0.714 bits per heavy atom. The first kappa shape index (κ1) is 10.3. The van der Waals surface area contributed by atoms with Crippen LogP contribution in [0.3, 0.4) is 0 Å². The molecule has 0 saturated heterocycles. The molecular formula is HLiO5Ta. The monoisotopic (exact) mass is 269 g/mol. The minimum atomic E-state index is -8.05. The molecule has 0 saturated carbocycles. The Labute approximate surface area is 50.9 Å². The summed E-state index contributed by atoms with van der Waals surface area (Å²) in [6.45, 7) is 0. The summed E-state index contributed by atoms with van der Waals surface area (Å²) >= 11 is -8.05. The number of hydrogen-bond donors (Lipinski definition) is 0. The van der Waals surface area contributed by atoms with Crippen LogP contribution in [0.1, 0.15) is 0 Å². The second-order valence-corrected chi connectivity index (χ2v) is 6.10. The first-order valence-electron chi connectivity index (χ1n) is 0.913. The van der Waals surface area contributed by atoms with Crippen molar-refractivity contribution in [1.29, 1.82) is 0 Å². The molecule has 0 fully saturated rings. The van der Waals surface area contributed by atoms with Gasteiger partial charge in [0, 0.05) is 0 Å². The third-order valence-electron chi connectivity index (χ3n) is 0. The van der Waals surface area contributed by atoms with Crippen molar-refractivity contribution in [2.45, 2.75) is 0 Å². The van der Waals surface area contributed by atoms with Gasteiger partial charge in [-0.05, 0) is 0 Å². The molecule has 7 heteroatoms. The molecule has 0 unspecified atom stereocenters. The van der Waals surface area contributed by atoms with Crippen LogP contribution >= 0.6 is 0 Å². The molecule has 0 aromatic rings. The summed E-state index contributed by atoms with van der Waals surface area (Å²) in [5, 5.41) is 0. The Bertz CT molecular complexity index is 278. The first-order valence-corrected chi connectivity index (χ1v) is 7.47. The molecule has 0 radical (unpaired) electrons. The summed E-state index contributed by atoms with van der Waals surface area (Å²) in [6, 6.07) is 0. The minimum absolute atomic E-state index is 0. The van der Waals surface area contributed by atoms with Crippen molar-refractivity contribution in [3.8, 4) is 0 Å². The first-order chi connectivity index (χ1) is 2.24. The van der Waals surface area contributed by atoms with Gasteiger partial charge in [0.15, 0.2) is 0 Å². The van der Waals surface area contributed by atoms with Crippen LogP contribution in [-0.4, -0.2) is 18.9 Å². The van der Waals surface area contributed by atoms with Gasteiger partial charge in [0.25, 0.3) is 0 Å². The Morgan fingerprint density at radius 3 is 0.714 bits per heavy atom. The zero-order valence-electron chi connectivity index (χ0n) is 2.49. The molecule has 0 aliphatic carbocycles. The molecule has 0 rings (SSSR count). The van der Waals surface area contributed by atoms with Gasteiger partial charge in [-0.1, -0.05) is 0 Å².